The van der Waals surface area contributed by atoms with Gasteiger partial charge in [-0.05, 0) is 55.2 Å². The van der Waals surface area contributed by atoms with E-state index in [0.29, 0.717) is 0 Å². The van der Waals surface area contributed by atoms with E-state index in [1.807, 2.05) is 6.07 Å². The molecule has 3 heterocycles. The standard InChI is InChI=1S/C24H21FN4S/c1-14-4-3-5-19-18(15(2)29-22(14)19)10-11-26-24-23-20(27-13-28-24)12-21(30-23)16-6-8-17(25)9-7-16/h3-9,12-13,29H,10-11H2,1-2H3,(H,26,27,28). The van der Waals surface area contributed by atoms with Gasteiger partial charge in [-0.1, -0.05) is 30.3 Å². The van der Waals surface area contributed by atoms with Gasteiger partial charge in [-0.2, -0.15) is 0 Å². The van der Waals surface area contributed by atoms with Gasteiger partial charge in [-0.15, -0.1) is 11.3 Å². The van der Waals surface area contributed by atoms with Crippen LogP contribution in [0.5, 0.6) is 0 Å². The normalized spacial score (nSPS) is 11.4. The van der Waals surface area contributed by atoms with Gasteiger partial charge >= 0.3 is 0 Å². The predicted octanol–water partition coefficient (Wildman–Crippen LogP) is 6.25. The van der Waals surface area contributed by atoms with Crippen LogP contribution in [0.3, 0.4) is 0 Å². The highest BCUT2D eigenvalue weighted by molar-refractivity contribution is 7.22. The summed E-state index contributed by atoms with van der Waals surface area (Å²) in [4.78, 5) is 13.4. The molecule has 5 aromatic rings. The van der Waals surface area contributed by atoms with Crippen molar-refractivity contribution in [2.75, 3.05) is 11.9 Å². The van der Waals surface area contributed by atoms with E-state index in [0.717, 1.165) is 39.4 Å². The highest BCUT2D eigenvalue weighted by Gasteiger charge is 2.12. The number of benzene rings is 2. The Kier molecular flexibility index (Phi) is 4.71. The van der Waals surface area contributed by atoms with Crippen molar-refractivity contribution in [2.45, 2.75) is 20.3 Å². The molecule has 0 fully saturated rings. The quantitative estimate of drug-likeness (QED) is 0.356. The Bertz CT molecular complexity index is 1350. The SMILES string of the molecule is Cc1[nH]c2c(C)cccc2c1CCNc1ncnc2cc(-c3ccc(F)cc3)sc12. The second kappa shape index (κ2) is 7.54. The molecule has 2 aromatic carbocycles. The zero-order valence-corrected chi connectivity index (χ0v) is 17.6. The van der Waals surface area contributed by atoms with Crippen LogP contribution in [0.1, 0.15) is 16.8 Å². The molecule has 0 aliphatic heterocycles. The summed E-state index contributed by atoms with van der Waals surface area (Å²) in [6, 6.07) is 15.0. The lowest BCUT2D eigenvalue weighted by atomic mass is 10.1. The van der Waals surface area contributed by atoms with Crippen molar-refractivity contribution in [1.29, 1.82) is 0 Å². The highest BCUT2D eigenvalue weighted by atomic mass is 32.1. The average molecular weight is 417 g/mol. The molecule has 0 saturated heterocycles. The van der Waals surface area contributed by atoms with Crippen molar-refractivity contribution in [3.05, 3.63) is 77.5 Å². The van der Waals surface area contributed by atoms with Crippen LogP contribution in [0, 0.1) is 19.7 Å². The number of hydrogen-bond donors (Lipinski definition) is 2. The van der Waals surface area contributed by atoms with Crippen LogP contribution in [-0.4, -0.2) is 21.5 Å². The number of hydrogen-bond acceptors (Lipinski definition) is 4. The Labute approximate surface area is 177 Å². The van der Waals surface area contributed by atoms with E-state index in [2.05, 4.69) is 52.3 Å². The van der Waals surface area contributed by atoms with Gasteiger partial charge in [0.05, 0.1) is 10.2 Å². The van der Waals surface area contributed by atoms with Crippen molar-refractivity contribution in [3.63, 3.8) is 0 Å². The summed E-state index contributed by atoms with van der Waals surface area (Å²) in [6.45, 7) is 5.04. The minimum absolute atomic E-state index is 0.232. The molecule has 2 N–H and O–H groups in total. The smallest absolute Gasteiger partial charge is 0.147 e. The van der Waals surface area contributed by atoms with Crippen molar-refractivity contribution in [3.8, 4) is 10.4 Å². The number of H-pyrrole nitrogens is 1. The lowest BCUT2D eigenvalue weighted by molar-refractivity contribution is 0.628. The van der Waals surface area contributed by atoms with Crippen molar-refractivity contribution in [1.82, 2.24) is 15.0 Å². The maximum absolute atomic E-state index is 13.2. The summed E-state index contributed by atoms with van der Waals surface area (Å²) in [7, 11) is 0. The molecule has 0 bridgehead atoms. The summed E-state index contributed by atoms with van der Waals surface area (Å²) in [5.41, 5.74) is 6.91. The molecular weight excluding hydrogens is 395 g/mol. The van der Waals surface area contributed by atoms with Gasteiger partial charge < -0.3 is 10.3 Å². The molecule has 150 valence electrons. The maximum atomic E-state index is 13.2. The third-order valence-electron chi connectivity index (χ3n) is 5.47. The van der Waals surface area contributed by atoms with Crippen LogP contribution in [-0.2, 0) is 6.42 Å². The summed E-state index contributed by atoms with van der Waals surface area (Å²) >= 11 is 1.62. The molecule has 30 heavy (non-hydrogen) atoms. The number of thiophene rings is 1. The van der Waals surface area contributed by atoms with Crippen LogP contribution in [0.25, 0.3) is 31.6 Å². The number of para-hydroxylation sites is 1. The van der Waals surface area contributed by atoms with Gasteiger partial charge in [-0.25, -0.2) is 14.4 Å². The fourth-order valence-electron chi connectivity index (χ4n) is 3.91. The average Bonchev–Trinajstić information content (AvgIpc) is 3.31. The Balaban J connectivity index is 1.39. The lowest BCUT2D eigenvalue weighted by Crippen LogP contribution is -2.07. The first-order valence-electron chi connectivity index (χ1n) is 9.91. The molecule has 0 aliphatic rings. The van der Waals surface area contributed by atoms with E-state index in [1.54, 1.807) is 29.8 Å². The summed E-state index contributed by atoms with van der Waals surface area (Å²) < 4.78 is 14.3. The Morgan fingerprint density at radius 3 is 2.73 bits per heavy atom. The molecule has 0 radical (unpaired) electrons. The molecule has 0 aliphatic carbocycles. The van der Waals surface area contributed by atoms with Crippen LogP contribution >= 0.6 is 11.3 Å². The van der Waals surface area contributed by atoms with E-state index in [-0.39, 0.29) is 5.82 Å². The van der Waals surface area contributed by atoms with Crippen molar-refractivity contribution < 1.29 is 4.39 Å². The minimum Gasteiger partial charge on any atom is -0.368 e. The van der Waals surface area contributed by atoms with Crippen molar-refractivity contribution in [2.24, 2.45) is 0 Å². The molecule has 4 nitrogen and oxygen atoms in total. The van der Waals surface area contributed by atoms with Crippen molar-refractivity contribution >= 4 is 38.3 Å². The van der Waals surface area contributed by atoms with E-state index >= 15 is 0 Å². The molecule has 0 spiro atoms. The monoisotopic (exact) mass is 416 g/mol. The van der Waals surface area contributed by atoms with Crippen LogP contribution in [0.2, 0.25) is 0 Å². The third kappa shape index (κ3) is 3.33. The minimum atomic E-state index is -0.232. The van der Waals surface area contributed by atoms with Gasteiger partial charge in [0.2, 0.25) is 0 Å². The molecule has 0 atom stereocenters. The van der Waals surface area contributed by atoms with E-state index in [4.69, 9.17) is 0 Å². The van der Waals surface area contributed by atoms with Gasteiger partial charge in [0, 0.05) is 28.0 Å². The zero-order valence-electron chi connectivity index (χ0n) is 16.8. The zero-order chi connectivity index (χ0) is 20.7. The number of fused-ring (bicyclic) bond motifs is 2. The fourth-order valence-corrected chi connectivity index (χ4v) is 5.00. The number of aromatic nitrogens is 3. The summed E-state index contributed by atoms with van der Waals surface area (Å²) in [6.07, 6.45) is 2.49. The second-order valence-electron chi connectivity index (χ2n) is 7.46. The van der Waals surface area contributed by atoms with Gasteiger partial charge in [0.15, 0.2) is 0 Å². The Morgan fingerprint density at radius 1 is 1.07 bits per heavy atom. The summed E-state index contributed by atoms with van der Waals surface area (Å²) in [5, 5.41) is 4.78. The first-order chi connectivity index (χ1) is 14.6. The maximum Gasteiger partial charge on any atom is 0.147 e. The van der Waals surface area contributed by atoms with Gasteiger partial charge in [0.1, 0.15) is 18.0 Å². The molecule has 3 aromatic heterocycles. The first-order valence-corrected chi connectivity index (χ1v) is 10.7. The fraction of sp³-hybridized carbons (Fsp3) is 0.167. The van der Waals surface area contributed by atoms with E-state index in [9.17, 15) is 4.39 Å². The molecule has 0 saturated carbocycles. The van der Waals surface area contributed by atoms with Gasteiger partial charge in [-0.3, -0.25) is 0 Å². The molecule has 5 rings (SSSR count). The highest BCUT2D eigenvalue weighted by Crippen LogP contribution is 2.35. The second-order valence-corrected chi connectivity index (χ2v) is 8.51. The van der Waals surface area contributed by atoms with E-state index < -0.39 is 0 Å². The number of nitrogens with one attached hydrogen (secondary N) is 2. The number of rotatable bonds is 5. The van der Waals surface area contributed by atoms with Crippen LogP contribution in [0.15, 0.2) is 54.9 Å². The van der Waals surface area contributed by atoms with Crippen LogP contribution < -0.4 is 5.32 Å². The van der Waals surface area contributed by atoms with Gasteiger partial charge in [0.25, 0.3) is 0 Å². The molecular formula is C24H21FN4S. The third-order valence-corrected chi connectivity index (χ3v) is 6.65. The van der Waals surface area contributed by atoms with Crippen LogP contribution in [0.4, 0.5) is 10.2 Å². The largest absolute Gasteiger partial charge is 0.368 e. The Hall–Kier alpha value is -3.25. The number of anilines is 1. The topological polar surface area (TPSA) is 53.6 Å². The molecule has 0 unspecified atom stereocenters. The molecule has 0 amide bonds. The number of aryl methyl sites for hydroxylation is 2. The predicted molar refractivity (Wildman–Crippen MR) is 123 cm³/mol. The number of nitrogens with zero attached hydrogens (tertiary/aromatic N) is 2. The number of aromatic amines is 1. The molecule has 6 heteroatoms. The van der Waals surface area contributed by atoms with E-state index in [1.165, 1.54) is 39.9 Å². The number of halogens is 1. The lowest BCUT2D eigenvalue weighted by Gasteiger charge is -2.07. The first kappa shape index (κ1) is 18.8. The summed E-state index contributed by atoms with van der Waals surface area (Å²) in [5.74, 6) is 0.608. The Morgan fingerprint density at radius 2 is 1.90 bits per heavy atom.